The molecule has 64 heavy (non-hydrogen) atoms. The van der Waals surface area contributed by atoms with E-state index in [4.69, 9.17) is 18.5 Å². The average Bonchev–Trinajstić information content (AvgIpc) is 3.25. The van der Waals surface area contributed by atoms with Crippen molar-refractivity contribution in [1.29, 1.82) is 0 Å². The van der Waals surface area contributed by atoms with Crippen molar-refractivity contribution in [3.8, 4) is 0 Å². The van der Waals surface area contributed by atoms with Crippen LogP contribution in [-0.2, 0) is 32.7 Å². The number of carbonyl (C=O) groups excluding carboxylic acids is 2. The van der Waals surface area contributed by atoms with E-state index in [1.165, 1.54) is 141 Å². The Morgan fingerprint density at radius 2 is 0.859 bits per heavy atom. The molecule has 0 bridgehead atoms. The van der Waals surface area contributed by atoms with Crippen LogP contribution < -0.4 is 0 Å². The second-order valence-corrected chi connectivity index (χ2v) is 20.4. The lowest BCUT2D eigenvalue weighted by molar-refractivity contribution is -0.870. The molecule has 0 radical (unpaired) electrons. The normalized spacial score (nSPS) is 13.8. The van der Waals surface area contributed by atoms with Crippen molar-refractivity contribution in [2.45, 2.75) is 238 Å². The molecular formula is C54H101NO8P+. The predicted molar refractivity (Wildman–Crippen MR) is 270 cm³/mol. The van der Waals surface area contributed by atoms with Gasteiger partial charge in [0.25, 0.3) is 0 Å². The van der Waals surface area contributed by atoms with Gasteiger partial charge in [-0.1, -0.05) is 197 Å². The highest BCUT2D eigenvalue weighted by atomic mass is 31.2. The third kappa shape index (κ3) is 49.4. The van der Waals surface area contributed by atoms with Gasteiger partial charge in [0.2, 0.25) is 0 Å². The van der Waals surface area contributed by atoms with E-state index in [0.29, 0.717) is 23.9 Å². The van der Waals surface area contributed by atoms with E-state index < -0.39 is 32.5 Å². The number of esters is 2. The first-order valence-electron chi connectivity index (χ1n) is 26.4. The van der Waals surface area contributed by atoms with E-state index >= 15 is 0 Å². The van der Waals surface area contributed by atoms with E-state index in [0.717, 1.165) is 51.4 Å². The lowest BCUT2D eigenvalue weighted by Crippen LogP contribution is -2.37. The van der Waals surface area contributed by atoms with Crippen LogP contribution >= 0.6 is 7.82 Å². The summed E-state index contributed by atoms with van der Waals surface area (Å²) in [5, 5.41) is 0. The number of hydrogen-bond donors (Lipinski definition) is 1. The fourth-order valence-corrected chi connectivity index (χ4v) is 7.94. The zero-order valence-corrected chi connectivity index (χ0v) is 43.2. The number of unbranched alkanes of at least 4 members (excludes halogenated alkanes) is 26. The first-order valence-corrected chi connectivity index (χ1v) is 27.9. The molecule has 0 heterocycles. The summed E-state index contributed by atoms with van der Waals surface area (Å²) in [6, 6.07) is 0. The minimum Gasteiger partial charge on any atom is -0.462 e. The number of hydrogen-bond acceptors (Lipinski definition) is 7. The SMILES string of the molecule is CCCCC/C=C/C/C=C/C/C=C/CCCCCCC(=O)O[C@@H](COC(=O)CCC/C=C/CCCCCCCCCCCCCCCCCCCC)COP(=O)(O)OCC[N+](C)(C)C. The van der Waals surface area contributed by atoms with Crippen molar-refractivity contribution in [2.75, 3.05) is 47.5 Å². The van der Waals surface area contributed by atoms with Crippen molar-refractivity contribution in [3.63, 3.8) is 0 Å². The maximum absolute atomic E-state index is 12.7. The van der Waals surface area contributed by atoms with Crippen molar-refractivity contribution in [2.24, 2.45) is 0 Å². The molecule has 0 fully saturated rings. The third-order valence-electron chi connectivity index (χ3n) is 11.3. The fraction of sp³-hybridized carbons (Fsp3) is 0.815. The number of carbonyl (C=O) groups is 2. The zero-order chi connectivity index (χ0) is 47.1. The minimum atomic E-state index is -4.39. The number of ether oxygens (including phenoxy) is 2. The lowest BCUT2D eigenvalue weighted by atomic mass is 10.0. The van der Waals surface area contributed by atoms with Gasteiger partial charge in [-0.15, -0.1) is 0 Å². The van der Waals surface area contributed by atoms with Crippen LogP contribution in [0.3, 0.4) is 0 Å². The van der Waals surface area contributed by atoms with Crippen molar-refractivity contribution in [1.82, 2.24) is 0 Å². The van der Waals surface area contributed by atoms with Crippen molar-refractivity contribution in [3.05, 3.63) is 48.6 Å². The molecule has 0 aliphatic carbocycles. The molecule has 1 N–H and O–H groups in total. The van der Waals surface area contributed by atoms with Gasteiger partial charge < -0.3 is 18.9 Å². The van der Waals surface area contributed by atoms with Gasteiger partial charge in [0.1, 0.15) is 19.8 Å². The Bertz CT molecular complexity index is 1230. The van der Waals surface area contributed by atoms with Crippen molar-refractivity contribution >= 4 is 19.8 Å². The summed E-state index contributed by atoms with van der Waals surface area (Å²) in [7, 11) is 1.45. The summed E-state index contributed by atoms with van der Waals surface area (Å²) in [5.41, 5.74) is 0. The Morgan fingerprint density at radius 1 is 0.484 bits per heavy atom. The Morgan fingerprint density at radius 3 is 1.34 bits per heavy atom. The Balaban J connectivity index is 4.26. The molecule has 0 amide bonds. The van der Waals surface area contributed by atoms with Crippen molar-refractivity contribution < 1.29 is 42.1 Å². The maximum atomic E-state index is 12.7. The zero-order valence-electron chi connectivity index (χ0n) is 42.3. The van der Waals surface area contributed by atoms with E-state index in [1.807, 2.05) is 21.1 Å². The second-order valence-electron chi connectivity index (χ2n) is 18.9. The first kappa shape index (κ1) is 62.0. The highest BCUT2D eigenvalue weighted by Gasteiger charge is 2.27. The first-order chi connectivity index (χ1) is 31.0. The third-order valence-corrected chi connectivity index (χ3v) is 12.3. The molecule has 0 aromatic heterocycles. The van der Waals surface area contributed by atoms with Gasteiger partial charge in [0.05, 0.1) is 27.7 Å². The Hall–Kier alpha value is -2.03. The second kappa shape index (κ2) is 46.1. The molecule has 0 aliphatic rings. The number of rotatable bonds is 48. The molecular weight excluding hydrogens is 822 g/mol. The van der Waals surface area contributed by atoms with E-state index in [2.05, 4.69) is 62.5 Å². The molecule has 10 heteroatoms. The number of phosphoric acid groups is 1. The van der Waals surface area contributed by atoms with E-state index in [-0.39, 0.29) is 26.1 Å². The van der Waals surface area contributed by atoms with Gasteiger partial charge in [-0.3, -0.25) is 18.6 Å². The van der Waals surface area contributed by atoms with Gasteiger partial charge >= 0.3 is 19.8 Å². The summed E-state index contributed by atoms with van der Waals surface area (Å²) >= 11 is 0. The van der Waals surface area contributed by atoms with E-state index in [1.54, 1.807) is 0 Å². The number of nitrogens with zero attached hydrogens (tertiary/aromatic N) is 1. The number of quaternary nitrogens is 1. The molecule has 0 spiro atoms. The van der Waals surface area contributed by atoms with E-state index in [9.17, 15) is 19.0 Å². The average molecular weight is 923 g/mol. The van der Waals surface area contributed by atoms with Crippen LogP contribution in [-0.4, -0.2) is 74.9 Å². The monoisotopic (exact) mass is 923 g/mol. The summed E-state index contributed by atoms with van der Waals surface area (Å²) in [4.78, 5) is 35.5. The molecule has 0 rings (SSSR count). The maximum Gasteiger partial charge on any atom is 0.472 e. The van der Waals surface area contributed by atoms with Crippen LogP contribution in [0.5, 0.6) is 0 Å². The molecule has 1 unspecified atom stereocenters. The van der Waals surface area contributed by atoms with Crippen LogP contribution in [0.2, 0.25) is 0 Å². The lowest BCUT2D eigenvalue weighted by Gasteiger charge is -2.24. The summed E-state index contributed by atoms with van der Waals surface area (Å²) in [5.74, 6) is -0.856. The van der Waals surface area contributed by atoms with Crippen LogP contribution in [0.15, 0.2) is 48.6 Å². The molecule has 0 aromatic carbocycles. The molecule has 9 nitrogen and oxygen atoms in total. The van der Waals surface area contributed by atoms with Crippen LogP contribution in [0, 0.1) is 0 Å². The van der Waals surface area contributed by atoms with Gasteiger partial charge in [-0.05, 0) is 70.6 Å². The minimum absolute atomic E-state index is 0.0225. The highest BCUT2D eigenvalue weighted by Crippen LogP contribution is 2.43. The molecule has 2 atom stereocenters. The molecule has 0 aromatic rings. The molecule has 0 aliphatic heterocycles. The Kier molecular flexibility index (Phi) is 44.6. The molecule has 374 valence electrons. The summed E-state index contributed by atoms with van der Waals surface area (Å²) < 4.78 is 34.4. The van der Waals surface area contributed by atoms with Gasteiger partial charge in [0, 0.05) is 12.8 Å². The van der Waals surface area contributed by atoms with Gasteiger partial charge in [-0.25, -0.2) is 4.57 Å². The van der Waals surface area contributed by atoms with Gasteiger partial charge in [0.15, 0.2) is 6.10 Å². The number of phosphoric ester groups is 1. The fourth-order valence-electron chi connectivity index (χ4n) is 7.20. The highest BCUT2D eigenvalue weighted by molar-refractivity contribution is 7.47. The largest absolute Gasteiger partial charge is 0.472 e. The smallest absolute Gasteiger partial charge is 0.462 e. The molecule has 0 saturated carbocycles. The Labute approximate surface area is 394 Å². The summed E-state index contributed by atoms with van der Waals surface area (Å²) in [6.45, 7) is 4.36. The predicted octanol–water partition coefficient (Wildman–Crippen LogP) is 15.8. The van der Waals surface area contributed by atoms with Gasteiger partial charge in [-0.2, -0.15) is 0 Å². The number of allylic oxidation sites excluding steroid dienone is 8. The molecule has 0 saturated heterocycles. The van der Waals surface area contributed by atoms with Crippen LogP contribution in [0.1, 0.15) is 232 Å². The van der Waals surface area contributed by atoms with Crippen LogP contribution in [0.25, 0.3) is 0 Å². The van der Waals surface area contributed by atoms with Crippen LogP contribution in [0.4, 0.5) is 0 Å². The topological polar surface area (TPSA) is 108 Å². The quantitative estimate of drug-likeness (QED) is 0.0211. The summed E-state index contributed by atoms with van der Waals surface area (Å²) in [6.07, 6.45) is 56.1. The standard InChI is InChI=1S/C54H100NO8P/c1-6-8-10-12-14-16-18-20-22-24-25-26-27-28-29-31-32-34-36-38-40-42-44-46-53(56)60-50-52(51-62-64(58,59)61-49-48-55(3,4)5)63-54(57)47-45-43-41-39-37-35-33-30-23-21-19-17-15-13-11-9-7-2/h15,17,21,23,33,35,38,40,52H,6-14,16,18-20,22,24-32,34,36-37,39,41-51H2,1-5H3/p+1/b17-15+,23-21+,35-33+,40-38+/t52-/m0/s1. The number of likely N-dealkylation sites (N-methyl/N-ethyl adjacent to an activating group) is 1.